The van der Waals surface area contributed by atoms with Crippen LogP contribution >= 0.6 is 23.7 Å². The quantitative estimate of drug-likeness (QED) is 0.780. The SMILES string of the molecule is CNC1CCc2nc(C)sc2C1.Cl. The van der Waals surface area contributed by atoms with E-state index in [1.807, 2.05) is 18.4 Å². The minimum atomic E-state index is 0. The van der Waals surface area contributed by atoms with Gasteiger partial charge in [-0.1, -0.05) is 0 Å². The van der Waals surface area contributed by atoms with Gasteiger partial charge in [0.05, 0.1) is 10.7 Å². The summed E-state index contributed by atoms with van der Waals surface area (Å²) in [6.07, 6.45) is 3.58. The Hall–Kier alpha value is -0.120. The van der Waals surface area contributed by atoms with Crippen LogP contribution in [0.4, 0.5) is 0 Å². The predicted molar refractivity (Wildman–Crippen MR) is 59.0 cm³/mol. The molecule has 0 bridgehead atoms. The molecular weight excluding hydrogens is 204 g/mol. The number of likely N-dealkylation sites (N-methyl/N-ethyl adjacent to an activating group) is 1. The number of thiazole rings is 1. The second kappa shape index (κ2) is 4.40. The van der Waals surface area contributed by atoms with Crippen molar-refractivity contribution in [1.82, 2.24) is 10.3 Å². The summed E-state index contributed by atoms with van der Waals surface area (Å²) < 4.78 is 0. The molecule has 1 aliphatic carbocycles. The van der Waals surface area contributed by atoms with E-state index in [0.29, 0.717) is 6.04 Å². The molecule has 0 saturated carbocycles. The number of halogens is 1. The van der Waals surface area contributed by atoms with Gasteiger partial charge in [-0.15, -0.1) is 23.7 Å². The molecule has 0 saturated heterocycles. The number of nitrogens with one attached hydrogen (secondary N) is 1. The van der Waals surface area contributed by atoms with Gasteiger partial charge in [-0.3, -0.25) is 0 Å². The molecule has 0 fully saturated rings. The fourth-order valence-corrected chi connectivity index (χ4v) is 2.81. The van der Waals surface area contributed by atoms with E-state index in [0.717, 1.165) is 6.42 Å². The molecular formula is C9H15ClN2S. The number of rotatable bonds is 1. The molecule has 4 heteroatoms. The van der Waals surface area contributed by atoms with E-state index in [1.165, 1.54) is 28.4 Å². The highest BCUT2D eigenvalue weighted by atomic mass is 35.5. The fraction of sp³-hybridized carbons (Fsp3) is 0.667. The minimum absolute atomic E-state index is 0. The molecule has 13 heavy (non-hydrogen) atoms. The van der Waals surface area contributed by atoms with Gasteiger partial charge in [0.2, 0.25) is 0 Å². The van der Waals surface area contributed by atoms with Crippen molar-refractivity contribution in [3.05, 3.63) is 15.6 Å². The van der Waals surface area contributed by atoms with Crippen molar-refractivity contribution in [1.29, 1.82) is 0 Å². The number of nitrogens with zero attached hydrogens (tertiary/aromatic N) is 1. The lowest BCUT2D eigenvalue weighted by Crippen LogP contribution is -2.30. The van der Waals surface area contributed by atoms with Crippen molar-refractivity contribution in [2.24, 2.45) is 0 Å². The number of aryl methyl sites for hydroxylation is 2. The summed E-state index contributed by atoms with van der Waals surface area (Å²) in [7, 11) is 2.05. The summed E-state index contributed by atoms with van der Waals surface area (Å²) in [6, 6.07) is 0.678. The first kappa shape index (κ1) is 11.0. The number of hydrogen-bond donors (Lipinski definition) is 1. The number of fused-ring (bicyclic) bond motifs is 1. The standard InChI is InChI=1S/C9H14N2S.ClH/c1-6-11-8-4-3-7(10-2)5-9(8)12-6;/h7,10H,3-5H2,1-2H3;1H. The molecule has 1 aromatic rings. The highest BCUT2D eigenvalue weighted by Gasteiger charge is 2.19. The molecule has 2 nitrogen and oxygen atoms in total. The largest absolute Gasteiger partial charge is 0.317 e. The first-order valence-corrected chi connectivity index (χ1v) is 5.23. The van der Waals surface area contributed by atoms with Crippen LogP contribution in [0.5, 0.6) is 0 Å². The number of aromatic nitrogens is 1. The van der Waals surface area contributed by atoms with Crippen LogP contribution < -0.4 is 5.32 Å². The molecule has 1 atom stereocenters. The molecule has 1 heterocycles. The first-order valence-electron chi connectivity index (χ1n) is 4.42. The van der Waals surface area contributed by atoms with Crippen molar-refractivity contribution in [3.63, 3.8) is 0 Å². The molecule has 0 aromatic carbocycles. The molecule has 2 rings (SSSR count). The van der Waals surface area contributed by atoms with Crippen LogP contribution in [0.2, 0.25) is 0 Å². The molecule has 74 valence electrons. The van der Waals surface area contributed by atoms with Crippen LogP contribution in [-0.2, 0) is 12.8 Å². The average molecular weight is 219 g/mol. The molecule has 0 aliphatic heterocycles. The van der Waals surface area contributed by atoms with E-state index >= 15 is 0 Å². The van der Waals surface area contributed by atoms with Crippen LogP contribution in [0.25, 0.3) is 0 Å². The van der Waals surface area contributed by atoms with Crippen LogP contribution in [-0.4, -0.2) is 18.1 Å². The van der Waals surface area contributed by atoms with Crippen molar-refractivity contribution in [2.75, 3.05) is 7.05 Å². The Morgan fingerprint density at radius 1 is 1.54 bits per heavy atom. The van der Waals surface area contributed by atoms with Gasteiger partial charge in [0, 0.05) is 10.9 Å². The summed E-state index contributed by atoms with van der Waals surface area (Å²) in [5.41, 5.74) is 1.35. The Bertz CT molecular complexity index is 285. The van der Waals surface area contributed by atoms with Crippen LogP contribution in [0.3, 0.4) is 0 Å². The fourth-order valence-electron chi connectivity index (χ4n) is 1.75. The molecule has 0 radical (unpaired) electrons. The maximum atomic E-state index is 4.51. The van der Waals surface area contributed by atoms with Gasteiger partial charge < -0.3 is 5.32 Å². The summed E-state index contributed by atoms with van der Waals surface area (Å²) >= 11 is 1.86. The zero-order valence-electron chi connectivity index (χ0n) is 7.96. The summed E-state index contributed by atoms with van der Waals surface area (Å²) in [6.45, 7) is 2.09. The second-order valence-corrected chi connectivity index (χ2v) is 4.62. The van der Waals surface area contributed by atoms with Crippen molar-refractivity contribution in [3.8, 4) is 0 Å². The highest BCUT2D eigenvalue weighted by molar-refractivity contribution is 7.11. The monoisotopic (exact) mass is 218 g/mol. The normalized spacial score (nSPS) is 20.6. The Balaban J connectivity index is 0.000000845. The lowest BCUT2D eigenvalue weighted by Gasteiger charge is -2.19. The van der Waals surface area contributed by atoms with Gasteiger partial charge in [0.15, 0.2) is 0 Å². The third-order valence-corrected chi connectivity index (χ3v) is 3.49. The van der Waals surface area contributed by atoms with E-state index in [9.17, 15) is 0 Å². The molecule has 1 aromatic heterocycles. The second-order valence-electron chi connectivity index (χ2n) is 3.33. The van der Waals surface area contributed by atoms with E-state index in [4.69, 9.17) is 0 Å². The summed E-state index contributed by atoms with van der Waals surface area (Å²) in [4.78, 5) is 6.01. The highest BCUT2D eigenvalue weighted by Crippen LogP contribution is 2.26. The molecule has 1 unspecified atom stereocenters. The molecule has 1 N–H and O–H groups in total. The van der Waals surface area contributed by atoms with E-state index in [1.54, 1.807) is 0 Å². The smallest absolute Gasteiger partial charge is 0.0900 e. The maximum absolute atomic E-state index is 4.51. The third-order valence-electron chi connectivity index (χ3n) is 2.45. The lowest BCUT2D eigenvalue weighted by atomic mass is 9.98. The summed E-state index contributed by atoms with van der Waals surface area (Å²) in [5, 5.41) is 4.55. The molecule has 0 amide bonds. The Morgan fingerprint density at radius 3 is 3.00 bits per heavy atom. The van der Waals surface area contributed by atoms with E-state index in [2.05, 4.69) is 17.2 Å². The van der Waals surface area contributed by atoms with Gasteiger partial charge in [0.25, 0.3) is 0 Å². The van der Waals surface area contributed by atoms with Crippen LogP contribution in [0.15, 0.2) is 0 Å². The topological polar surface area (TPSA) is 24.9 Å². The third kappa shape index (κ3) is 2.22. The van der Waals surface area contributed by atoms with Crippen LogP contribution in [0, 0.1) is 6.92 Å². The van der Waals surface area contributed by atoms with E-state index in [-0.39, 0.29) is 12.4 Å². The Labute approximate surface area is 89.2 Å². The molecule has 0 spiro atoms. The predicted octanol–water partition coefficient (Wildman–Crippen LogP) is 1.95. The average Bonchev–Trinajstić information content (AvgIpc) is 2.43. The van der Waals surface area contributed by atoms with Gasteiger partial charge in [0.1, 0.15) is 0 Å². The Morgan fingerprint density at radius 2 is 2.31 bits per heavy atom. The van der Waals surface area contributed by atoms with Crippen LogP contribution in [0.1, 0.15) is 22.0 Å². The zero-order chi connectivity index (χ0) is 8.55. The van der Waals surface area contributed by atoms with Crippen molar-refractivity contribution >= 4 is 23.7 Å². The maximum Gasteiger partial charge on any atom is 0.0900 e. The Kier molecular flexibility index (Phi) is 3.71. The van der Waals surface area contributed by atoms with Gasteiger partial charge in [-0.25, -0.2) is 4.98 Å². The van der Waals surface area contributed by atoms with Gasteiger partial charge in [-0.2, -0.15) is 0 Å². The van der Waals surface area contributed by atoms with Crippen molar-refractivity contribution < 1.29 is 0 Å². The number of hydrogen-bond acceptors (Lipinski definition) is 3. The minimum Gasteiger partial charge on any atom is -0.317 e. The van der Waals surface area contributed by atoms with Gasteiger partial charge in [-0.05, 0) is 33.2 Å². The lowest BCUT2D eigenvalue weighted by molar-refractivity contribution is 0.496. The molecule has 1 aliphatic rings. The summed E-state index contributed by atoms with van der Waals surface area (Å²) in [5.74, 6) is 0. The first-order chi connectivity index (χ1) is 5.79. The van der Waals surface area contributed by atoms with Crippen molar-refractivity contribution in [2.45, 2.75) is 32.2 Å². The van der Waals surface area contributed by atoms with E-state index < -0.39 is 0 Å². The zero-order valence-corrected chi connectivity index (χ0v) is 9.60. The van der Waals surface area contributed by atoms with Gasteiger partial charge >= 0.3 is 0 Å².